The third-order valence-corrected chi connectivity index (χ3v) is 11.5. The molecule has 32 heavy (non-hydrogen) atoms. The lowest BCUT2D eigenvalue weighted by atomic mass is 9.63. The van der Waals surface area contributed by atoms with Crippen LogP contribution < -0.4 is 0 Å². The minimum Gasteiger partial charge on any atom is -0.300 e. The van der Waals surface area contributed by atoms with Crippen molar-refractivity contribution < 1.29 is 0 Å². The van der Waals surface area contributed by atoms with Gasteiger partial charge in [0, 0.05) is 6.04 Å². The molecule has 1 unspecified atom stereocenters. The summed E-state index contributed by atoms with van der Waals surface area (Å²) in [4.78, 5) is 2.90. The molecule has 176 valence electrons. The molecule has 5 aliphatic carbocycles. The minimum atomic E-state index is 0.670. The van der Waals surface area contributed by atoms with Crippen molar-refractivity contribution in [3.05, 3.63) is 36.0 Å². The van der Waals surface area contributed by atoms with E-state index in [9.17, 15) is 0 Å². The Morgan fingerprint density at radius 3 is 1.97 bits per heavy atom. The molecule has 2 saturated carbocycles. The van der Waals surface area contributed by atoms with E-state index in [0.29, 0.717) is 16.2 Å². The zero-order chi connectivity index (χ0) is 21.5. The zero-order valence-electron chi connectivity index (χ0n) is 20.6. The smallest absolute Gasteiger partial charge is 0.00956 e. The lowest BCUT2D eigenvalue weighted by Crippen LogP contribution is -2.47. The molecule has 6 aliphatic rings. The van der Waals surface area contributed by atoms with E-state index in [2.05, 4.69) is 35.3 Å². The quantitative estimate of drug-likeness (QED) is 0.395. The van der Waals surface area contributed by atoms with Gasteiger partial charge in [-0.05, 0) is 151 Å². The van der Waals surface area contributed by atoms with Crippen LogP contribution in [0.1, 0.15) is 116 Å². The van der Waals surface area contributed by atoms with Crippen LogP contribution in [0.25, 0.3) is 0 Å². The van der Waals surface area contributed by atoms with E-state index in [-0.39, 0.29) is 0 Å². The molecule has 0 radical (unpaired) electrons. The Hall–Kier alpha value is -0.820. The molecular weight excluding hydrogens is 386 g/mol. The Morgan fingerprint density at radius 1 is 0.625 bits per heavy atom. The van der Waals surface area contributed by atoms with E-state index < -0.39 is 0 Å². The fourth-order valence-corrected chi connectivity index (χ4v) is 9.01. The van der Waals surface area contributed by atoms with Gasteiger partial charge in [-0.1, -0.05) is 36.0 Å². The Morgan fingerprint density at radius 2 is 1.31 bits per heavy atom. The van der Waals surface area contributed by atoms with Gasteiger partial charge in [-0.3, -0.25) is 0 Å². The van der Waals surface area contributed by atoms with Crippen LogP contribution in [-0.4, -0.2) is 24.0 Å². The maximum absolute atomic E-state index is 2.90. The lowest BCUT2D eigenvalue weighted by molar-refractivity contribution is 0.0344. The monoisotopic (exact) mass is 433 g/mol. The summed E-state index contributed by atoms with van der Waals surface area (Å²) >= 11 is 0. The summed E-state index contributed by atoms with van der Waals surface area (Å²) in [6, 6.07) is 0.899. The number of hydrogen-bond donors (Lipinski definition) is 0. The molecule has 0 aromatic carbocycles. The van der Waals surface area contributed by atoms with E-state index in [1.807, 2.05) is 5.57 Å². The molecule has 3 spiro atoms. The third kappa shape index (κ3) is 4.21. The van der Waals surface area contributed by atoms with E-state index in [4.69, 9.17) is 0 Å². The van der Waals surface area contributed by atoms with Gasteiger partial charge in [-0.25, -0.2) is 0 Å². The molecule has 0 aromatic heterocycles. The second kappa shape index (κ2) is 8.75. The molecule has 0 aromatic rings. The molecule has 0 N–H and O–H groups in total. The molecular formula is C31H47N. The summed E-state index contributed by atoms with van der Waals surface area (Å²) in [6.07, 6.45) is 38.7. The molecule has 6 rings (SSSR count). The van der Waals surface area contributed by atoms with Crippen LogP contribution in [0.2, 0.25) is 0 Å². The SMILES string of the molecule is C1=CCCC2(CC1)CCC(C1=CCC3(CC1)CCC(N1CCC4(CC=CC4)CC1)CC3)C2. The standard InChI is InChI=1S/C31H47N/c1-2-4-15-31(14-3-1)18-9-27(25-31)26-7-16-30(17-8-26)19-10-28(11-20-30)32-23-21-29(22-24-32)12-5-6-13-29/h1-2,5-7,27-28H,3-4,8-25H2. The molecule has 1 saturated heterocycles. The van der Waals surface area contributed by atoms with Crippen molar-refractivity contribution in [1.29, 1.82) is 0 Å². The number of nitrogens with zero attached hydrogens (tertiary/aromatic N) is 1. The van der Waals surface area contributed by atoms with Gasteiger partial charge in [0.2, 0.25) is 0 Å². The fourth-order valence-electron chi connectivity index (χ4n) is 9.01. The van der Waals surface area contributed by atoms with Gasteiger partial charge in [0.25, 0.3) is 0 Å². The largest absolute Gasteiger partial charge is 0.300 e. The van der Waals surface area contributed by atoms with Gasteiger partial charge < -0.3 is 4.90 Å². The van der Waals surface area contributed by atoms with Gasteiger partial charge in [0.15, 0.2) is 0 Å². The van der Waals surface area contributed by atoms with E-state index >= 15 is 0 Å². The summed E-state index contributed by atoms with van der Waals surface area (Å²) in [7, 11) is 0. The lowest BCUT2D eigenvalue weighted by Gasteiger charge is -2.48. The molecule has 1 nitrogen and oxygen atoms in total. The summed E-state index contributed by atoms with van der Waals surface area (Å²) in [6.45, 7) is 2.75. The molecule has 3 fully saturated rings. The first-order valence-electron chi connectivity index (χ1n) is 14.4. The summed E-state index contributed by atoms with van der Waals surface area (Å²) in [5, 5.41) is 0. The van der Waals surface area contributed by atoms with Gasteiger partial charge in [-0.15, -0.1) is 0 Å². The zero-order valence-corrected chi connectivity index (χ0v) is 20.6. The van der Waals surface area contributed by atoms with E-state index in [1.165, 1.54) is 129 Å². The minimum absolute atomic E-state index is 0.670. The van der Waals surface area contributed by atoms with Crippen LogP contribution in [0.5, 0.6) is 0 Å². The van der Waals surface area contributed by atoms with Crippen molar-refractivity contribution in [1.82, 2.24) is 4.90 Å². The van der Waals surface area contributed by atoms with Crippen LogP contribution in [0.4, 0.5) is 0 Å². The average Bonchev–Trinajstić information content (AvgIpc) is 3.39. The summed E-state index contributed by atoms with van der Waals surface area (Å²) < 4.78 is 0. The number of rotatable bonds is 2. The van der Waals surface area contributed by atoms with Crippen molar-refractivity contribution in [3.63, 3.8) is 0 Å². The van der Waals surface area contributed by atoms with Gasteiger partial charge in [-0.2, -0.15) is 0 Å². The van der Waals surface area contributed by atoms with Crippen molar-refractivity contribution in [2.75, 3.05) is 13.1 Å². The Labute approximate surface area is 197 Å². The van der Waals surface area contributed by atoms with Crippen LogP contribution >= 0.6 is 0 Å². The van der Waals surface area contributed by atoms with Gasteiger partial charge in [0.1, 0.15) is 0 Å². The normalized spacial score (nSPS) is 39.1. The Bertz CT molecular complexity index is 733. The Kier molecular flexibility index (Phi) is 5.94. The predicted octanol–water partition coefficient (Wildman–Crippen LogP) is 8.37. The second-order valence-electron chi connectivity index (χ2n) is 13.1. The highest BCUT2D eigenvalue weighted by Gasteiger charge is 2.43. The maximum atomic E-state index is 2.90. The third-order valence-electron chi connectivity index (χ3n) is 11.5. The Balaban J connectivity index is 0.998. The predicted molar refractivity (Wildman–Crippen MR) is 136 cm³/mol. The molecule has 1 heteroatoms. The topological polar surface area (TPSA) is 3.24 Å². The van der Waals surface area contributed by atoms with Crippen molar-refractivity contribution in [2.45, 2.75) is 122 Å². The number of hydrogen-bond acceptors (Lipinski definition) is 1. The second-order valence-corrected chi connectivity index (χ2v) is 13.1. The maximum Gasteiger partial charge on any atom is 0.00956 e. The first kappa shape index (κ1) is 21.7. The molecule has 1 aliphatic heterocycles. The van der Waals surface area contributed by atoms with Crippen LogP contribution in [0, 0.1) is 22.2 Å². The number of allylic oxidation sites excluding steroid dienone is 6. The van der Waals surface area contributed by atoms with E-state index in [0.717, 1.165) is 12.0 Å². The van der Waals surface area contributed by atoms with Crippen LogP contribution in [-0.2, 0) is 0 Å². The van der Waals surface area contributed by atoms with Crippen molar-refractivity contribution in [3.8, 4) is 0 Å². The molecule has 1 atom stereocenters. The highest BCUT2D eigenvalue weighted by Crippen LogP contribution is 2.55. The van der Waals surface area contributed by atoms with Gasteiger partial charge >= 0.3 is 0 Å². The van der Waals surface area contributed by atoms with Gasteiger partial charge in [0.05, 0.1) is 0 Å². The molecule has 1 heterocycles. The fraction of sp³-hybridized carbons (Fsp3) is 0.806. The summed E-state index contributed by atoms with van der Waals surface area (Å²) in [5.74, 6) is 0.938. The molecule has 0 bridgehead atoms. The highest BCUT2D eigenvalue weighted by molar-refractivity contribution is 5.17. The van der Waals surface area contributed by atoms with Crippen LogP contribution in [0.3, 0.4) is 0 Å². The molecule has 0 amide bonds. The van der Waals surface area contributed by atoms with Crippen molar-refractivity contribution in [2.24, 2.45) is 22.2 Å². The van der Waals surface area contributed by atoms with Crippen LogP contribution in [0.15, 0.2) is 36.0 Å². The van der Waals surface area contributed by atoms with E-state index in [1.54, 1.807) is 0 Å². The highest BCUT2D eigenvalue weighted by atomic mass is 15.2. The average molecular weight is 434 g/mol. The number of piperidine rings is 1. The first-order valence-corrected chi connectivity index (χ1v) is 14.4. The van der Waals surface area contributed by atoms with Crippen molar-refractivity contribution >= 4 is 0 Å². The first-order chi connectivity index (χ1) is 15.7. The summed E-state index contributed by atoms with van der Waals surface area (Å²) in [5.41, 5.74) is 3.93. The number of likely N-dealkylation sites (tertiary alicyclic amines) is 1.